The predicted octanol–water partition coefficient (Wildman–Crippen LogP) is 2.18. The van der Waals surface area contributed by atoms with E-state index >= 15 is 0 Å². The first-order chi connectivity index (χ1) is 12.6. The Hall–Kier alpha value is -2.21. The second-order valence-corrected chi connectivity index (χ2v) is 6.43. The fourth-order valence-corrected chi connectivity index (χ4v) is 3.50. The molecule has 0 saturated carbocycles. The molecule has 26 heavy (non-hydrogen) atoms. The van der Waals surface area contributed by atoms with Crippen LogP contribution in [0.15, 0.2) is 60.7 Å². The van der Waals surface area contributed by atoms with Gasteiger partial charge in [-0.25, -0.2) is 0 Å². The lowest BCUT2D eigenvalue weighted by atomic mass is 9.84. The fraction of sp³-hybridized carbons (Fsp3) is 0.381. The zero-order valence-electron chi connectivity index (χ0n) is 15.2. The van der Waals surface area contributed by atoms with Crippen LogP contribution in [0, 0.1) is 0 Å². The summed E-state index contributed by atoms with van der Waals surface area (Å²) < 4.78 is 11.5. The van der Waals surface area contributed by atoms with E-state index in [9.17, 15) is 9.90 Å². The van der Waals surface area contributed by atoms with E-state index in [1.807, 2.05) is 67.6 Å². The van der Waals surface area contributed by atoms with Crippen LogP contribution in [0.2, 0.25) is 0 Å². The molecule has 0 unspecified atom stereocenters. The van der Waals surface area contributed by atoms with Gasteiger partial charge in [0.25, 0.3) is 5.91 Å². The summed E-state index contributed by atoms with van der Waals surface area (Å²) in [5, 5.41) is 10.2. The number of carbonyl (C=O) groups excluding carboxylic acids is 1. The molecule has 2 aromatic rings. The van der Waals surface area contributed by atoms with Crippen LogP contribution in [0.1, 0.15) is 18.1 Å². The molecule has 138 valence electrons. The molecule has 1 amide bonds. The number of ether oxygens (including phenoxy) is 2. The second kappa shape index (κ2) is 7.99. The van der Waals surface area contributed by atoms with E-state index in [0.717, 1.165) is 11.1 Å². The lowest BCUT2D eigenvalue weighted by Gasteiger charge is -2.38. The summed E-state index contributed by atoms with van der Waals surface area (Å²) in [6.45, 7) is 2.80. The van der Waals surface area contributed by atoms with Crippen LogP contribution < -0.4 is 0 Å². The number of rotatable bonds is 6. The number of benzene rings is 2. The number of aliphatic hydroxyl groups is 1. The number of likely N-dealkylation sites (N-methyl/N-ethyl adjacent to an activating group) is 1. The molecule has 1 fully saturated rings. The minimum absolute atomic E-state index is 0.216. The molecular weight excluding hydrogens is 330 g/mol. The maximum Gasteiger partial charge on any atom is 0.264 e. The highest BCUT2D eigenvalue weighted by molar-refractivity contribution is 5.90. The van der Waals surface area contributed by atoms with E-state index in [-0.39, 0.29) is 12.5 Å². The van der Waals surface area contributed by atoms with E-state index in [4.69, 9.17) is 9.47 Å². The van der Waals surface area contributed by atoms with Gasteiger partial charge in [-0.3, -0.25) is 4.79 Å². The van der Waals surface area contributed by atoms with Crippen molar-refractivity contribution in [3.8, 4) is 0 Å². The molecule has 1 saturated heterocycles. The van der Waals surface area contributed by atoms with E-state index in [2.05, 4.69) is 0 Å². The molecule has 5 nitrogen and oxygen atoms in total. The third-order valence-electron chi connectivity index (χ3n) is 4.86. The Bertz CT molecular complexity index is 680. The Balaban J connectivity index is 2.11. The Morgan fingerprint density at radius 2 is 1.65 bits per heavy atom. The van der Waals surface area contributed by atoms with Crippen LogP contribution in [0.4, 0.5) is 0 Å². The van der Waals surface area contributed by atoms with Crippen molar-refractivity contribution in [2.75, 3.05) is 26.9 Å². The molecule has 0 spiro atoms. The molecular formula is C21H25NO4. The van der Waals surface area contributed by atoms with Crippen LogP contribution in [0.25, 0.3) is 0 Å². The standard InChI is InChI=1S/C21H25NO4/c1-3-26-21(16-10-6-4-7-11-16,17-12-8-5-9-13-17)20(24)22(2)18-14-25-15-19(18)23/h4-13,18-19,23H,3,14-15H2,1-2H3/t18-,19-/m0/s1. The molecule has 1 aliphatic rings. The number of hydrogen-bond donors (Lipinski definition) is 1. The normalized spacial score (nSPS) is 20.1. The van der Waals surface area contributed by atoms with Gasteiger partial charge in [0.2, 0.25) is 0 Å². The molecule has 1 aliphatic heterocycles. The van der Waals surface area contributed by atoms with Crippen LogP contribution in [-0.4, -0.2) is 54.9 Å². The molecule has 0 aliphatic carbocycles. The van der Waals surface area contributed by atoms with Crippen molar-refractivity contribution in [2.24, 2.45) is 0 Å². The van der Waals surface area contributed by atoms with E-state index in [0.29, 0.717) is 13.2 Å². The monoisotopic (exact) mass is 355 g/mol. The van der Waals surface area contributed by atoms with Gasteiger partial charge in [0.15, 0.2) is 5.60 Å². The molecule has 3 rings (SSSR count). The summed E-state index contributed by atoms with van der Waals surface area (Å²) in [4.78, 5) is 15.3. The lowest BCUT2D eigenvalue weighted by molar-refractivity contribution is -0.156. The van der Waals surface area contributed by atoms with Gasteiger partial charge in [-0.1, -0.05) is 60.7 Å². The van der Waals surface area contributed by atoms with Crippen molar-refractivity contribution in [3.05, 3.63) is 71.8 Å². The van der Waals surface area contributed by atoms with E-state index < -0.39 is 17.7 Å². The van der Waals surface area contributed by atoms with Crippen molar-refractivity contribution in [2.45, 2.75) is 24.7 Å². The number of aliphatic hydroxyl groups excluding tert-OH is 1. The summed E-state index contributed by atoms with van der Waals surface area (Å²) in [5.74, 6) is -0.216. The summed E-state index contributed by atoms with van der Waals surface area (Å²) >= 11 is 0. The molecule has 1 N–H and O–H groups in total. The predicted molar refractivity (Wildman–Crippen MR) is 98.7 cm³/mol. The van der Waals surface area contributed by atoms with Crippen molar-refractivity contribution >= 4 is 5.91 Å². The zero-order chi connectivity index (χ0) is 18.6. The zero-order valence-corrected chi connectivity index (χ0v) is 15.2. The highest BCUT2D eigenvalue weighted by atomic mass is 16.5. The Kier molecular flexibility index (Phi) is 5.71. The molecule has 1 heterocycles. The highest BCUT2D eigenvalue weighted by Crippen LogP contribution is 2.36. The molecule has 0 aromatic heterocycles. The topological polar surface area (TPSA) is 59.0 Å². The fourth-order valence-electron chi connectivity index (χ4n) is 3.50. The summed E-state index contributed by atoms with van der Waals surface area (Å²) in [7, 11) is 1.70. The first kappa shape index (κ1) is 18.6. The van der Waals surface area contributed by atoms with Crippen molar-refractivity contribution in [3.63, 3.8) is 0 Å². The number of amides is 1. The number of nitrogens with zero attached hydrogens (tertiary/aromatic N) is 1. The van der Waals surface area contributed by atoms with Gasteiger partial charge < -0.3 is 19.5 Å². The quantitative estimate of drug-likeness (QED) is 0.863. The largest absolute Gasteiger partial charge is 0.388 e. The maximum atomic E-state index is 13.7. The summed E-state index contributed by atoms with van der Waals surface area (Å²) in [6, 6.07) is 18.6. The van der Waals surface area contributed by atoms with Crippen LogP contribution in [0.3, 0.4) is 0 Å². The van der Waals surface area contributed by atoms with Gasteiger partial charge in [-0.05, 0) is 18.1 Å². The van der Waals surface area contributed by atoms with E-state index in [1.165, 1.54) is 0 Å². The van der Waals surface area contributed by atoms with Gasteiger partial charge in [0, 0.05) is 13.7 Å². The van der Waals surface area contributed by atoms with Crippen LogP contribution in [-0.2, 0) is 19.9 Å². The SMILES string of the molecule is CCOC(C(=O)N(C)[C@H]1COC[C@@H]1O)(c1ccccc1)c1ccccc1. The molecule has 2 aromatic carbocycles. The first-order valence-electron chi connectivity index (χ1n) is 8.89. The second-order valence-electron chi connectivity index (χ2n) is 6.43. The highest BCUT2D eigenvalue weighted by Gasteiger charge is 2.47. The van der Waals surface area contributed by atoms with Gasteiger partial charge >= 0.3 is 0 Å². The van der Waals surface area contributed by atoms with Gasteiger partial charge in [0.1, 0.15) is 0 Å². The van der Waals surface area contributed by atoms with Crippen LogP contribution >= 0.6 is 0 Å². The third kappa shape index (κ3) is 3.26. The van der Waals surface area contributed by atoms with Gasteiger partial charge in [0.05, 0.1) is 25.4 Å². The average Bonchev–Trinajstić information content (AvgIpc) is 3.12. The smallest absolute Gasteiger partial charge is 0.264 e. The Morgan fingerprint density at radius 1 is 1.12 bits per heavy atom. The van der Waals surface area contributed by atoms with Crippen LogP contribution in [0.5, 0.6) is 0 Å². The molecule has 5 heteroatoms. The molecule has 0 bridgehead atoms. The van der Waals surface area contributed by atoms with E-state index in [1.54, 1.807) is 11.9 Å². The average molecular weight is 355 g/mol. The van der Waals surface area contributed by atoms with Crippen molar-refractivity contribution < 1.29 is 19.4 Å². The Labute approximate surface area is 154 Å². The third-order valence-corrected chi connectivity index (χ3v) is 4.86. The molecule has 2 atom stereocenters. The number of hydrogen-bond acceptors (Lipinski definition) is 4. The molecule has 0 radical (unpaired) electrons. The number of carbonyl (C=O) groups is 1. The lowest BCUT2D eigenvalue weighted by Crippen LogP contribution is -2.54. The summed E-state index contributed by atoms with van der Waals surface area (Å²) in [6.07, 6.45) is -0.699. The van der Waals surface area contributed by atoms with Gasteiger partial charge in [-0.2, -0.15) is 0 Å². The van der Waals surface area contributed by atoms with Crippen molar-refractivity contribution in [1.82, 2.24) is 4.90 Å². The first-order valence-corrected chi connectivity index (χ1v) is 8.89. The minimum atomic E-state index is -1.27. The van der Waals surface area contributed by atoms with Crippen molar-refractivity contribution in [1.29, 1.82) is 0 Å². The Morgan fingerprint density at radius 3 is 2.08 bits per heavy atom. The summed E-state index contributed by atoms with van der Waals surface area (Å²) in [5.41, 5.74) is 0.255. The van der Waals surface area contributed by atoms with Gasteiger partial charge in [-0.15, -0.1) is 0 Å². The maximum absolute atomic E-state index is 13.7. The minimum Gasteiger partial charge on any atom is -0.388 e.